The largest absolute Gasteiger partial charge is 0.309 e. The van der Waals surface area contributed by atoms with E-state index < -0.39 is 0 Å². The quantitative estimate of drug-likeness (QED) is 0.178. The number of benzene rings is 8. The molecule has 0 radical (unpaired) electrons. The van der Waals surface area contributed by atoms with Crippen LogP contribution in [0.5, 0.6) is 0 Å². The summed E-state index contributed by atoms with van der Waals surface area (Å²) in [6.45, 7) is 0. The minimum atomic E-state index is 1.17. The summed E-state index contributed by atoms with van der Waals surface area (Å²) in [5.74, 6) is 0. The van der Waals surface area contributed by atoms with Crippen molar-refractivity contribution in [2.24, 2.45) is 0 Å². The lowest BCUT2D eigenvalue weighted by molar-refractivity contribution is 1.18. The number of para-hydroxylation sites is 4. The average Bonchev–Trinajstić information content (AvgIpc) is 3.71. The van der Waals surface area contributed by atoms with Crippen molar-refractivity contribution in [2.75, 3.05) is 0 Å². The van der Waals surface area contributed by atoms with Gasteiger partial charge in [0.15, 0.2) is 0 Å². The molecule has 10 rings (SSSR count). The molecule has 10 aromatic rings. The lowest BCUT2D eigenvalue weighted by atomic mass is 9.99. The van der Waals surface area contributed by atoms with Crippen LogP contribution in [0.15, 0.2) is 194 Å². The molecule has 2 nitrogen and oxygen atoms in total. The highest BCUT2D eigenvalue weighted by atomic mass is 15.0. The summed E-state index contributed by atoms with van der Waals surface area (Å²) in [5, 5.41) is 5.03. The zero-order chi connectivity index (χ0) is 33.0. The molecule has 0 fully saturated rings. The van der Waals surface area contributed by atoms with Crippen LogP contribution in [-0.4, -0.2) is 9.13 Å². The van der Waals surface area contributed by atoms with E-state index >= 15 is 0 Å². The lowest BCUT2D eigenvalue weighted by Crippen LogP contribution is -1.97. The topological polar surface area (TPSA) is 9.86 Å². The molecule has 2 aromatic heterocycles. The van der Waals surface area contributed by atoms with Crippen molar-refractivity contribution in [2.45, 2.75) is 0 Å². The van der Waals surface area contributed by atoms with Crippen LogP contribution in [0.3, 0.4) is 0 Å². The maximum absolute atomic E-state index is 2.45. The molecule has 0 amide bonds. The molecule has 234 valence electrons. The Kier molecular flexibility index (Phi) is 6.53. The van der Waals surface area contributed by atoms with Gasteiger partial charge in [-0.15, -0.1) is 0 Å². The number of rotatable bonds is 5. The summed E-state index contributed by atoms with van der Waals surface area (Å²) >= 11 is 0. The van der Waals surface area contributed by atoms with Crippen molar-refractivity contribution in [1.82, 2.24) is 9.13 Å². The molecule has 0 saturated heterocycles. The van der Waals surface area contributed by atoms with E-state index in [1.807, 2.05) is 0 Å². The minimum absolute atomic E-state index is 1.17. The van der Waals surface area contributed by atoms with Gasteiger partial charge in [0.1, 0.15) is 0 Å². The Morgan fingerprint density at radius 1 is 0.260 bits per heavy atom. The van der Waals surface area contributed by atoms with Crippen LogP contribution in [0.4, 0.5) is 0 Å². The highest BCUT2D eigenvalue weighted by molar-refractivity contribution is 6.12. The van der Waals surface area contributed by atoms with Crippen LogP contribution in [-0.2, 0) is 0 Å². The lowest BCUT2D eigenvalue weighted by Gasteiger charge is -2.15. The molecule has 50 heavy (non-hydrogen) atoms. The number of hydrogen-bond donors (Lipinski definition) is 0. The molecule has 0 atom stereocenters. The fraction of sp³-hybridized carbons (Fsp3) is 0. The fourth-order valence-electron chi connectivity index (χ4n) is 7.80. The Balaban J connectivity index is 1.16. The molecule has 0 spiro atoms. The Labute approximate surface area is 290 Å². The Bertz CT molecular complexity index is 2840. The maximum Gasteiger partial charge on any atom is 0.0547 e. The van der Waals surface area contributed by atoms with Crippen LogP contribution < -0.4 is 0 Å². The van der Waals surface area contributed by atoms with Gasteiger partial charge in [-0.2, -0.15) is 0 Å². The molecule has 0 unspecified atom stereocenters. The Morgan fingerprint density at radius 2 is 0.700 bits per heavy atom. The third-order valence-corrected chi connectivity index (χ3v) is 10.1. The van der Waals surface area contributed by atoms with Gasteiger partial charge >= 0.3 is 0 Å². The molecule has 0 aliphatic carbocycles. The van der Waals surface area contributed by atoms with E-state index in [4.69, 9.17) is 0 Å². The van der Waals surface area contributed by atoms with E-state index in [9.17, 15) is 0 Å². The van der Waals surface area contributed by atoms with E-state index in [0.717, 1.165) is 0 Å². The maximum atomic E-state index is 2.45. The van der Waals surface area contributed by atoms with E-state index in [0.29, 0.717) is 0 Å². The molecule has 2 heteroatoms. The highest BCUT2D eigenvalue weighted by Gasteiger charge is 2.18. The zero-order valence-corrected chi connectivity index (χ0v) is 27.4. The van der Waals surface area contributed by atoms with Gasteiger partial charge in [0.2, 0.25) is 0 Å². The first-order chi connectivity index (χ1) is 24.8. The summed E-state index contributed by atoms with van der Waals surface area (Å²) in [4.78, 5) is 0. The first kappa shape index (κ1) is 28.4. The van der Waals surface area contributed by atoms with Crippen molar-refractivity contribution in [3.63, 3.8) is 0 Å². The first-order valence-corrected chi connectivity index (χ1v) is 17.2. The predicted molar refractivity (Wildman–Crippen MR) is 211 cm³/mol. The SMILES string of the molecule is c1ccc(-c2ccc(-c3ccccc3-n3c4ccccc4c4ccc(-c5ccc6c7ccccc7n(-c7ccccc7)c6c5)cc43)cc2)cc1. The molecule has 2 heterocycles. The van der Waals surface area contributed by atoms with Crippen LogP contribution in [0, 0.1) is 0 Å². The second kappa shape index (κ2) is 11.5. The molecule has 0 aliphatic heterocycles. The van der Waals surface area contributed by atoms with Crippen molar-refractivity contribution in [1.29, 1.82) is 0 Å². The second-order valence-corrected chi connectivity index (χ2v) is 13.0. The number of fused-ring (bicyclic) bond motifs is 6. The zero-order valence-electron chi connectivity index (χ0n) is 27.4. The normalized spacial score (nSPS) is 11.6. The van der Waals surface area contributed by atoms with Crippen molar-refractivity contribution >= 4 is 43.6 Å². The van der Waals surface area contributed by atoms with Crippen LogP contribution >= 0.6 is 0 Å². The number of hydrogen-bond acceptors (Lipinski definition) is 0. The third-order valence-electron chi connectivity index (χ3n) is 10.1. The second-order valence-electron chi connectivity index (χ2n) is 13.0. The number of aromatic nitrogens is 2. The molecule has 0 bridgehead atoms. The van der Waals surface area contributed by atoms with Crippen molar-refractivity contribution in [3.8, 4) is 44.8 Å². The smallest absolute Gasteiger partial charge is 0.0547 e. The number of nitrogens with zero attached hydrogens (tertiary/aromatic N) is 2. The van der Waals surface area contributed by atoms with Gasteiger partial charge in [-0.1, -0.05) is 152 Å². The van der Waals surface area contributed by atoms with Gasteiger partial charge in [0, 0.05) is 32.8 Å². The first-order valence-electron chi connectivity index (χ1n) is 17.2. The average molecular weight is 637 g/mol. The van der Waals surface area contributed by atoms with E-state index in [1.165, 1.54) is 88.4 Å². The van der Waals surface area contributed by atoms with Crippen LogP contribution in [0.1, 0.15) is 0 Å². The molecule has 0 N–H and O–H groups in total. The Hall–Kier alpha value is -6.64. The van der Waals surface area contributed by atoms with Gasteiger partial charge in [-0.05, 0) is 70.3 Å². The van der Waals surface area contributed by atoms with Gasteiger partial charge < -0.3 is 9.13 Å². The third kappa shape index (κ3) is 4.50. The van der Waals surface area contributed by atoms with Crippen molar-refractivity contribution < 1.29 is 0 Å². The molecule has 0 aliphatic rings. The van der Waals surface area contributed by atoms with E-state index in [1.54, 1.807) is 0 Å². The fourth-order valence-corrected chi connectivity index (χ4v) is 7.80. The van der Waals surface area contributed by atoms with Crippen LogP contribution in [0.25, 0.3) is 88.4 Å². The molecular weight excluding hydrogens is 605 g/mol. The van der Waals surface area contributed by atoms with Gasteiger partial charge in [0.25, 0.3) is 0 Å². The van der Waals surface area contributed by atoms with E-state index in [-0.39, 0.29) is 0 Å². The standard InChI is InChI=1S/C48H32N2/c1-3-13-33(14-4-1)34-23-25-35(26-24-34)39-17-7-10-20-44(39)50-46-22-12-9-19-41(46)43-30-28-37(32-48(43)50)36-27-29-42-40-18-8-11-21-45(40)49(47(42)31-36)38-15-5-2-6-16-38/h1-32H. The summed E-state index contributed by atoms with van der Waals surface area (Å²) in [6, 6.07) is 70.4. The van der Waals surface area contributed by atoms with Crippen LogP contribution in [0.2, 0.25) is 0 Å². The minimum Gasteiger partial charge on any atom is -0.309 e. The summed E-state index contributed by atoms with van der Waals surface area (Å²) in [5.41, 5.74) is 14.4. The summed E-state index contributed by atoms with van der Waals surface area (Å²) in [6.07, 6.45) is 0. The predicted octanol–water partition coefficient (Wildman–Crippen LogP) is 12.9. The summed E-state index contributed by atoms with van der Waals surface area (Å²) in [7, 11) is 0. The molecule has 0 saturated carbocycles. The summed E-state index contributed by atoms with van der Waals surface area (Å²) < 4.78 is 4.84. The highest BCUT2D eigenvalue weighted by Crippen LogP contribution is 2.40. The molecular formula is C48H32N2. The van der Waals surface area contributed by atoms with E-state index in [2.05, 4.69) is 203 Å². The van der Waals surface area contributed by atoms with Crippen molar-refractivity contribution in [3.05, 3.63) is 194 Å². The monoisotopic (exact) mass is 636 g/mol. The Morgan fingerprint density at radius 3 is 1.36 bits per heavy atom. The van der Waals surface area contributed by atoms with Gasteiger partial charge in [-0.3, -0.25) is 0 Å². The molecule has 8 aromatic carbocycles. The van der Waals surface area contributed by atoms with Gasteiger partial charge in [-0.25, -0.2) is 0 Å². The van der Waals surface area contributed by atoms with Gasteiger partial charge in [0.05, 0.1) is 27.8 Å².